The molecule has 9 nitrogen and oxygen atoms in total. The summed E-state index contributed by atoms with van der Waals surface area (Å²) in [7, 11) is 3.36. The number of ketones is 1. The molecule has 0 spiro atoms. The molecule has 1 heterocycles. The van der Waals surface area contributed by atoms with Crippen LogP contribution in [0.15, 0.2) is 84.9 Å². The number of hydrogen-bond acceptors (Lipinski definition) is 7. The summed E-state index contributed by atoms with van der Waals surface area (Å²) < 4.78 is 17.4. The topological polar surface area (TPSA) is 123 Å². The molecule has 9 heteroatoms. The van der Waals surface area contributed by atoms with Crippen LogP contribution in [0.25, 0.3) is 0 Å². The largest absolute Gasteiger partial charge is 0.497 e. The SMILES string of the molecule is COc1ccc(C(OC2CCN(CCCC(=O)c3ccc(C(C)(C)C)cc3)CC2)c2ccc(OC)cc2)cc1.O=C(O)/C=C/C(=O)O. The molecule has 0 bridgehead atoms. The van der Waals surface area contributed by atoms with Crippen LogP contribution in [0, 0.1) is 0 Å². The summed E-state index contributed by atoms with van der Waals surface area (Å²) in [6.45, 7) is 9.48. The average Bonchev–Trinajstić information content (AvgIpc) is 3.07. The fraction of sp³-hybridized carbons (Fsp3) is 0.395. The molecule has 252 valence electrons. The van der Waals surface area contributed by atoms with Crippen molar-refractivity contribution in [1.82, 2.24) is 4.90 Å². The molecule has 4 rings (SSSR count). The van der Waals surface area contributed by atoms with Crippen LogP contribution in [0.4, 0.5) is 0 Å². The predicted octanol–water partition coefficient (Wildman–Crippen LogP) is 6.95. The van der Waals surface area contributed by atoms with Gasteiger partial charge in [0.1, 0.15) is 17.6 Å². The van der Waals surface area contributed by atoms with E-state index in [2.05, 4.69) is 62.1 Å². The van der Waals surface area contributed by atoms with Gasteiger partial charge in [-0.05, 0) is 72.2 Å². The number of methoxy groups -OCH3 is 2. The molecule has 0 radical (unpaired) electrons. The summed E-state index contributed by atoms with van der Waals surface area (Å²) >= 11 is 0. The number of aliphatic carboxylic acids is 2. The monoisotopic (exact) mass is 645 g/mol. The minimum atomic E-state index is -1.26. The number of carbonyl (C=O) groups is 3. The first kappa shape index (κ1) is 37.0. The van der Waals surface area contributed by atoms with Gasteiger partial charge in [-0.3, -0.25) is 4.79 Å². The highest BCUT2D eigenvalue weighted by Crippen LogP contribution is 2.32. The summed E-state index contributed by atoms with van der Waals surface area (Å²) in [6.07, 6.45) is 4.56. The molecule has 0 aromatic heterocycles. The number of ether oxygens (including phenoxy) is 3. The van der Waals surface area contributed by atoms with E-state index in [9.17, 15) is 14.4 Å². The van der Waals surface area contributed by atoms with Gasteiger partial charge in [-0.2, -0.15) is 0 Å². The first-order chi connectivity index (χ1) is 22.4. The summed E-state index contributed by atoms with van der Waals surface area (Å²) in [5.41, 5.74) is 4.39. The van der Waals surface area contributed by atoms with E-state index in [-0.39, 0.29) is 23.4 Å². The third-order valence-electron chi connectivity index (χ3n) is 8.02. The quantitative estimate of drug-likeness (QED) is 0.150. The van der Waals surface area contributed by atoms with E-state index in [0.29, 0.717) is 18.6 Å². The molecule has 0 unspecified atom stereocenters. The Morgan fingerprint density at radius 1 is 0.787 bits per heavy atom. The number of likely N-dealkylation sites (tertiary alicyclic amines) is 1. The molecule has 0 amide bonds. The fourth-order valence-corrected chi connectivity index (χ4v) is 5.27. The van der Waals surface area contributed by atoms with Crippen LogP contribution in [0.3, 0.4) is 0 Å². The standard InChI is InChI=1S/C34H43NO4.C4H4O4/c1-34(2,3)28-14-8-25(9-15-28)32(36)7-6-22-35-23-20-31(21-24-35)39-33(26-10-16-29(37-4)17-11-26)27-12-18-30(38-5)19-13-27;5-3(6)1-2-4(7)8/h8-19,31,33H,6-7,20-24H2,1-5H3;1-2H,(H,5,6)(H,7,8)/b;2-1+. The van der Waals surface area contributed by atoms with Crippen molar-refractivity contribution in [3.05, 3.63) is 107 Å². The number of benzene rings is 3. The summed E-state index contributed by atoms with van der Waals surface area (Å²) in [5.74, 6) is -0.614. The predicted molar refractivity (Wildman–Crippen MR) is 181 cm³/mol. The van der Waals surface area contributed by atoms with E-state index in [1.807, 2.05) is 36.4 Å². The Morgan fingerprint density at radius 3 is 1.66 bits per heavy atom. The van der Waals surface area contributed by atoms with E-state index in [1.165, 1.54) is 5.56 Å². The van der Waals surface area contributed by atoms with Crippen molar-refractivity contribution < 1.29 is 38.8 Å². The normalized spacial score (nSPS) is 14.0. The van der Waals surface area contributed by atoms with Gasteiger partial charge in [-0.15, -0.1) is 0 Å². The molecule has 0 saturated carbocycles. The first-order valence-electron chi connectivity index (χ1n) is 15.8. The zero-order valence-electron chi connectivity index (χ0n) is 28.0. The molecule has 2 N–H and O–H groups in total. The van der Waals surface area contributed by atoms with Crippen LogP contribution >= 0.6 is 0 Å². The van der Waals surface area contributed by atoms with E-state index in [0.717, 1.165) is 67.1 Å². The molecule has 1 fully saturated rings. The van der Waals surface area contributed by atoms with Crippen molar-refractivity contribution in [3.8, 4) is 11.5 Å². The summed E-state index contributed by atoms with van der Waals surface area (Å²) in [6, 6.07) is 24.4. The number of hydrogen-bond donors (Lipinski definition) is 2. The van der Waals surface area contributed by atoms with Crippen molar-refractivity contribution in [2.24, 2.45) is 0 Å². The Balaban J connectivity index is 0.000000665. The highest BCUT2D eigenvalue weighted by atomic mass is 16.5. The van der Waals surface area contributed by atoms with Crippen molar-refractivity contribution in [3.63, 3.8) is 0 Å². The van der Waals surface area contributed by atoms with E-state index in [4.69, 9.17) is 24.4 Å². The molecule has 0 aliphatic carbocycles. The Labute approximate surface area is 277 Å². The minimum absolute atomic E-state index is 0.0979. The lowest BCUT2D eigenvalue weighted by Gasteiger charge is -2.34. The van der Waals surface area contributed by atoms with Gasteiger partial charge >= 0.3 is 11.9 Å². The van der Waals surface area contributed by atoms with Crippen molar-refractivity contribution in [2.75, 3.05) is 33.9 Å². The second-order valence-electron chi connectivity index (χ2n) is 12.5. The lowest BCUT2D eigenvalue weighted by atomic mass is 9.86. The molecule has 1 saturated heterocycles. The van der Waals surface area contributed by atoms with E-state index < -0.39 is 11.9 Å². The average molecular weight is 646 g/mol. The van der Waals surface area contributed by atoms with Gasteiger partial charge in [0.15, 0.2) is 5.78 Å². The molecule has 0 atom stereocenters. The zero-order valence-corrected chi connectivity index (χ0v) is 28.0. The molecule has 47 heavy (non-hydrogen) atoms. The maximum Gasteiger partial charge on any atom is 0.328 e. The number of carboxylic acid groups (broad SMARTS) is 2. The number of piperidine rings is 1. The van der Waals surface area contributed by atoms with Crippen molar-refractivity contribution in [1.29, 1.82) is 0 Å². The Kier molecular flexibility index (Phi) is 14.2. The van der Waals surface area contributed by atoms with Crippen molar-refractivity contribution in [2.45, 2.75) is 64.1 Å². The van der Waals surface area contributed by atoms with Crippen LogP contribution < -0.4 is 9.47 Å². The minimum Gasteiger partial charge on any atom is -0.497 e. The summed E-state index contributed by atoms with van der Waals surface area (Å²) in [5, 5.41) is 15.6. The van der Waals surface area contributed by atoms with Gasteiger partial charge < -0.3 is 29.3 Å². The molecular formula is C38H47NO8. The molecule has 3 aromatic rings. The van der Waals surface area contributed by atoms with Crippen LogP contribution in [-0.4, -0.2) is 72.8 Å². The highest BCUT2D eigenvalue weighted by Gasteiger charge is 2.25. The smallest absolute Gasteiger partial charge is 0.328 e. The van der Waals surface area contributed by atoms with Gasteiger partial charge in [0, 0.05) is 37.2 Å². The summed E-state index contributed by atoms with van der Waals surface area (Å²) in [4.78, 5) is 34.3. The number of carbonyl (C=O) groups excluding carboxylic acids is 1. The Morgan fingerprint density at radius 2 is 1.26 bits per heavy atom. The Hall–Kier alpha value is -4.47. The number of Topliss-reactive ketones (excluding diaryl/α,β-unsaturated/α-hetero) is 1. The number of rotatable bonds is 13. The Bertz CT molecular complexity index is 1390. The van der Waals surface area contributed by atoms with Gasteiger partial charge in [0.25, 0.3) is 0 Å². The molecule has 1 aliphatic rings. The third-order valence-corrected chi connectivity index (χ3v) is 8.02. The van der Waals surface area contributed by atoms with Gasteiger partial charge in [0.05, 0.1) is 20.3 Å². The number of nitrogens with zero attached hydrogens (tertiary/aromatic N) is 1. The van der Waals surface area contributed by atoms with E-state index >= 15 is 0 Å². The first-order valence-corrected chi connectivity index (χ1v) is 15.8. The zero-order chi connectivity index (χ0) is 34.4. The lowest BCUT2D eigenvalue weighted by Crippen LogP contribution is -2.38. The molecule has 3 aromatic carbocycles. The van der Waals surface area contributed by atoms with E-state index in [1.54, 1.807) is 14.2 Å². The van der Waals surface area contributed by atoms with Gasteiger partial charge in [-0.1, -0.05) is 69.3 Å². The maximum atomic E-state index is 12.7. The maximum absolute atomic E-state index is 12.7. The van der Waals surface area contributed by atoms with Gasteiger partial charge in [-0.25, -0.2) is 9.59 Å². The molecular weight excluding hydrogens is 598 g/mol. The van der Waals surface area contributed by atoms with Gasteiger partial charge in [0.2, 0.25) is 0 Å². The van der Waals surface area contributed by atoms with Crippen LogP contribution in [0.1, 0.15) is 79.6 Å². The van der Waals surface area contributed by atoms with Crippen molar-refractivity contribution >= 4 is 17.7 Å². The van der Waals surface area contributed by atoms with Crippen LogP contribution in [0.2, 0.25) is 0 Å². The lowest BCUT2D eigenvalue weighted by molar-refractivity contribution is -0.134. The fourth-order valence-electron chi connectivity index (χ4n) is 5.27. The molecule has 1 aliphatic heterocycles. The highest BCUT2D eigenvalue weighted by molar-refractivity contribution is 5.96. The number of carboxylic acids is 2. The second-order valence-corrected chi connectivity index (χ2v) is 12.5. The van der Waals surface area contributed by atoms with Crippen LogP contribution in [-0.2, 0) is 19.7 Å². The second kappa shape index (κ2) is 18.0. The van der Waals surface area contributed by atoms with Crippen LogP contribution in [0.5, 0.6) is 11.5 Å². The third kappa shape index (κ3) is 12.3.